The molecule has 0 saturated heterocycles. The van der Waals surface area contributed by atoms with Gasteiger partial charge in [-0.25, -0.2) is 0 Å². The van der Waals surface area contributed by atoms with Gasteiger partial charge in [0.05, 0.1) is 6.61 Å². The van der Waals surface area contributed by atoms with Crippen molar-refractivity contribution in [3.05, 3.63) is 29.8 Å². The highest BCUT2D eigenvalue weighted by atomic mass is 16.5. The standard InChI is InChI=1S/C15H25BO3/c1-2-3-4-5-6-9-12-19-13-14-10-7-8-11-15(14)16(17)18/h7-8,10-11,17-18H,2-6,9,12-13H2,1H3. The fraction of sp³-hybridized carbons (Fsp3) is 0.600. The molecule has 0 unspecified atom stereocenters. The minimum absolute atomic E-state index is 0.447. The Balaban J connectivity index is 2.16. The van der Waals surface area contributed by atoms with Gasteiger partial charge < -0.3 is 14.8 Å². The third-order valence-corrected chi connectivity index (χ3v) is 3.23. The fourth-order valence-electron chi connectivity index (χ4n) is 2.08. The summed E-state index contributed by atoms with van der Waals surface area (Å²) in [6, 6.07) is 7.27. The van der Waals surface area contributed by atoms with Crippen LogP contribution in [0.4, 0.5) is 0 Å². The molecule has 3 nitrogen and oxygen atoms in total. The van der Waals surface area contributed by atoms with Crippen LogP contribution in [0.1, 0.15) is 51.0 Å². The molecule has 0 aliphatic rings. The van der Waals surface area contributed by atoms with Crippen LogP contribution in [0.15, 0.2) is 24.3 Å². The molecule has 0 aromatic heterocycles. The van der Waals surface area contributed by atoms with E-state index in [9.17, 15) is 10.0 Å². The van der Waals surface area contributed by atoms with Gasteiger partial charge in [0, 0.05) is 6.61 Å². The van der Waals surface area contributed by atoms with E-state index in [1.807, 2.05) is 12.1 Å². The van der Waals surface area contributed by atoms with Crippen molar-refractivity contribution < 1.29 is 14.8 Å². The summed E-state index contributed by atoms with van der Waals surface area (Å²) in [5, 5.41) is 18.5. The Morgan fingerprint density at radius 1 is 1.00 bits per heavy atom. The maximum Gasteiger partial charge on any atom is 0.488 e. The van der Waals surface area contributed by atoms with Gasteiger partial charge in [0.15, 0.2) is 0 Å². The lowest BCUT2D eigenvalue weighted by Gasteiger charge is -2.09. The van der Waals surface area contributed by atoms with Gasteiger partial charge in [-0.2, -0.15) is 0 Å². The van der Waals surface area contributed by atoms with Crippen LogP contribution in [0, 0.1) is 0 Å². The first-order valence-electron chi connectivity index (χ1n) is 7.27. The van der Waals surface area contributed by atoms with Crippen molar-refractivity contribution >= 4 is 12.6 Å². The summed E-state index contributed by atoms with van der Waals surface area (Å²) in [7, 11) is -1.42. The molecule has 19 heavy (non-hydrogen) atoms. The molecule has 0 aliphatic heterocycles. The van der Waals surface area contributed by atoms with Gasteiger partial charge in [-0.1, -0.05) is 63.3 Å². The molecule has 4 heteroatoms. The predicted molar refractivity (Wildman–Crippen MR) is 79.3 cm³/mol. The molecule has 1 aromatic carbocycles. The second-order valence-electron chi connectivity index (χ2n) is 4.89. The zero-order chi connectivity index (χ0) is 13.9. The van der Waals surface area contributed by atoms with Crippen LogP contribution in [0.25, 0.3) is 0 Å². The molecule has 0 fully saturated rings. The van der Waals surface area contributed by atoms with Gasteiger partial charge in [0.25, 0.3) is 0 Å². The van der Waals surface area contributed by atoms with E-state index in [1.54, 1.807) is 12.1 Å². The van der Waals surface area contributed by atoms with Crippen LogP contribution in [0.2, 0.25) is 0 Å². The summed E-state index contributed by atoms with van der Waals surface area (Å²) >= 11 is 0. The van der Waals surface area contributed by atoms with Crippen molar-refractivity contribution in [2.75, 3.05) is 6.61 Å². The first kappa shape index (κ1) is 16.2. The van der Waals surface area contributed by atoms with Crippen molar-refractivity contribution in [1.29, 1.82) is 0 Å². The molecule has 0 atom stereocenters. The van der Waals surface area contributed by atoms with E-state index in [2.05, 4.69) is 6.92 Å². The SMILES string of the molecule is CCCCCCCCOCc1ccccc1B(O)O. The summed E-state index contributed by atoms with van der Waals surface area (Å²) in [5.41, 5.74) is 1.38. The molecule has 0 heterocycles. The number of hydrogen-bond donors (Lipinski definition) is 2. The van der Waals surface area contributed by atoms with Crippen LogP contribution in [-0.2, 0) is 11.3 Å². The second-order valence-corrected chi connectivity index (χ2v) is 4.89. The monoisotopic (exact) mass is 264 g/mol. The maximum atomic E-state index is 9.23. The number of rotatable bonds is 10. The fourth-order valence-corrected chi connectivity index (χ4v) is 2.08. The lowest BCUT2D eigenvalue weighted by atomic mass is 9.77. The lowest BCUT2D eigenvalue weighted by molar-refractivity contribution is 0.117. The van der Waals surface area contributed by atoms with E-state index in [0.717, 1.165) is 18.6 Å². The molecule has 1 aromatic rings. The maximum absolute atomic E-state index is 9.23. The first-order chi connectivity index (χ1) is 9.25. The average molecular weight is 264 g/mol. The van der Waals surface area contributed by atoms with E-state index in [-0.39, 0.29) is 0 Å². The quantitative estimate of drug-likeness (QED) is 0.503. The van der Waals surface area contributed by atoms with Gasteiger partial charge in [0.2, 0.25) is 0 Å². The number of hydrogen-bond acceptors (Lipinski definition) is 3. The van der Waals surface area contributed by atoms with E-state index < -0.39 is 7.12 Å². The predicted octanol–water partition coefficient (Wildman–Crippen LogP) is 2.24. The average Bonchev–Trinajstić information content (AvgIpc) is 2.42. The van der Waals surface area contributed by atoms with Crippen molar-refractivity contribution in [3.8, 4) is 0 Å². The second kappa shape index (κ2) is 10.0. The third-order valence-electron chi connectivity index (χ3n) is 3.23. The molecule has 0 saturated carbocycles. The Morgan fingerprint density at radius 3 is 2.42 bits per heavy atom. The van der Waals surface area contributed by atoms with Crippen molar-refractivity contribution in [1.82, 2.24) is 0 Å². The zero-order valence-electron chi connectivity index (χ0n) is 11.8. The van der Waals surface area contributed by atoms with Gasteiger partial charge in [-0.05, 0) is 17.4 Å². The highest BCUT2D eigenvalue weighted by Crippen LogP contribution is 2.06. The molecule has 0 aliphatic carbocycles. The Labute approximate surface area is 116 Å². The lowest BCUT2D eigenvalue weighted by Crippen LogP contribution is -2.33. The highest BCUT2D eigenvalue weighted by molar-refractivity contribution is 6.59. The molecule has 0 spiro atoms. The Hall–Kier alpha value is -0.835. The van der Waals surface area contributed by atoms with Gasteiger partial charge in [-0.3, -0.25) is 0 Å². The van der Waals surface area contributed by atoms with Gasteiger partial charge in [0.1, 0.15) is 0 Å². The molecule has 0 bridgehead atoms. The van der Waals surface area contributed by atoms with E-state index in [4.69, 9.17) is 4.74 Å². The van der Waals surface area contributed by atoms with Crippen LogP contribution in [-0.4, -0.2) is 23.8 Å². The number of ether oxygens (including phenoxy) is 1. The number of unbranched alkanes of at least 4 members (excludes halogenated alkanes) is 5. The summed E-state index contributed by atoms with van der Waals surface area (Å²) in [4.78, 5) is 0. The van der Waals surface area contributed by atoms with Crippen molar-refractivity contribution in [2.24, 2.45) is 0 Å². The topological polar surface area (TPSA) is 49.7 Å². The molecule has 0 amide bonds. The van der Waals surface area contributed by atoms with Crippen LogP contribution in [0.5, 0.6) is 0 Å². The van der Waals surface area contributed by atoms with Crippen molar-refractivity contribution in [2.45, 2.75) is 52.1 Å². The normalized spacial score (nSPS) is 10.7. The largest absolute Gasteiger partial charge is 0.488 e. The van der Waals surface area contributed by atoms with Crippen molar-refractivity contribution in [3.63, 3.8) is 0 Å². The number of benzene rings is 1. The van der Waals surface area contributed by atoms with E-state index in [0.29, 0.717) is 12.1 Å². The molecular weight excluding hydrogens is 239 g/mol. The minimum atomic E-state index is -1.42. The minimum Gasteiger partial charge on any atom is -0.423 e. The van der Waals surface area contributed by atoms with Gasteiger partial charge in [-0.15, -0.1) is 0 Å². The zero-order valence-corrected chi connectivity index (χ0v) is 11.8. The molecule has 106 valence electrons. The van der Waals surface area contributed by atoms with Crippen LogP contribution >= 0.6 is 0 Å². The summed E-state index contributed by atoms with van der Waals surface area (Å²) in [6.45, 7) is 3.40. The smallest absolute Gasteiger partial charge is 0.423 e. The first-order valence-corrected chi connectivity index (χ1v) is 7.27. The van der Waals surface area contributed by atoms with Crippen LogP contribution < -0.4 is 5.46 Å². The summed E-state index contributed by atoms with van der Waals surface area (Å²) in [6.07, 6.45) is 7.48. The third kappa shape index (κ3) is 6.76. The molecule has 2 N–H and O–H groups in total. The molecule has 0 radical (unpaired) electrons. The Kier molecular flexibility index (Phi) is 8.55. The van der Waals surface area contributed by atoms with E-state index >= 15 is 0 Å². The Bertz CT molecular complexity index is 342. The molecule has 1 rings (SSSR count). The summed E-state index contributed by atoms with van der Waals surface area (Å²) in [5.74, 6) is 0. The van der Waals surface area contributed by atoms with E-state index in [1.165, 1.54) is 32.1 Å². The Morgan fingerprint density at radius 2 is 1.68 bits per heavy atom. The van der Waals surface area contributed by atoms with Gasteiger partial charge >= 0.3 is 7.12 Å². The summed E-state index contributed by atoms with van der Waals surface area (Å²) < 4.78 is 5.59. The van der Waals surface area contributed by atoms with Crippen LogP contribution in [0.3, 0.4) is 0 Å². The highest BCUT2D eigenvalue weighted by Gasteiger charge is 2.14. The molecular formula is C15H25BO3.